The van der Waals surface area contributed by atoms with Crippen LogP contribution in [0.3, 0.4) is 0 Å². The van der Waals surface area contributed by atoms with E-state index in [4.69, 9.17) is 4.74 Å². The molecule has 1 aliphatic rings. The minimum atomic E-state index is -0.326. The van der Waals surface area contributed by atoms with Crippen LogP contribution in [-0.4, -0.2) is 18.6 Å². The Kier molecular flexibility index (Phi) is 3.17. The molecule has 1 N–H and O–H groups in total. The van der Waals surface area contributed by atoms with Crippen LogP contribution in [0.4, 0.5) is 4.39 Å². The van der Waals surface area contributed by atoms with E-state index in [0.29, 0.717) is 0 Å². The smallest absolute Gasteiger partial charge is 0.141 e. The molecule has 1 aromatic carbocycles. The van der Waals surface area contributed by atoms with Crippen molar-refractivity contribution in [1.29, 1.82) is 0 Å². The molecule has 0 radical (unpaired) electrons. The van der Waals surface area contributed by atoms with Crippen molar-refractivity contribution in [1.82, 2.24) is 10.3 Å². The summed E-state index contributed by atoms with van der Waals surface area (Å²) in [5.74, 6) is 0.612. The Morgan fingerprint density at radius 2 is 2.21 bits per heavy atom. The van der Waals surface area contributed by atoms with Crippen molar-refractivity contribution in [3.05, 3.63) is 59.2 Å². The van der Waals surface area contributed by atoms with Crippen LogP contribution >= 0.6 is 0 Å². The van der Waals surface area contributed by atoms with Crippen LogP contribution in [0.15, 0.2) is 36.5 Å². The van der Waals surface area contributed by atoms with Crippen LogP contribution in [0.2, 0.25) is 0 Å². The normalized spacial score (nSPS) is 14.8. The Balaban J connectivity index is 2.03. The fourth-order valence-corrected chi connectivity index (χ4v) is 2.49. The molecule has 0 bridgehead atoms. The number of para-hydroxylation sites is 1. The average Bonchev–Trinajstić information content (AvgIpc) is 2.91. The Hall–Kier alpha value is -1.94. The third-order valence-corrected chi connectivity index (χ3v) is 3.39. The van der Waals surface area contributed by atoms with Gasteiger partial charge in [0.05, 0.1) is 24.5 Å². The maximum atomic E-state index is 13.0. The predicted molar refractivity (Wildman–Crippen MR) is 70.7 cm³/mol. The lowest BCUT2D eigenvalue weighted by Crippen LogP contribution is -2.19. The van der Waals surface area contributed by atoms with E-state index in [1.54, 1.807) is 6.07 Å². The zero-order valence-electron chi connectivity index (χ0n) is 10.7. The van der Waals surface area contributed by atoms with Crippen molar-refractivity contribution in [2.24, 2.45) is 0 Å². The topological polar surface area (TPSA) is 34.2 Å². The quantitative estimate of drug-likeness (QED) is 0.918. The molecule has 1 unspecified atom stereocenters. The van der Waals surface area contributed by atoms with Gasteiger partial charge in [0.15, 0.2) is 0 Å². The van der Waals surface area contributed by atoms with Gasteiger partial charge >= 0.3 is 0 Å². The van der Waals surface area contributed by atoms with E-state index in [9.17, 15) is 4.39 Å². The second-order valence-electron chi connectivity index (χ2n) is 4.56. The van der Waals surface area contributed by atoms with Gasteiger partial charge in [0.2, 0.25) is 0 Å². The lowest BCUT2D eigenvalue weighted by atomic mass is 9.99. The van der Waals surface area contributed by atoms with Gasteiger partial charge in [0, 0.05) is 12.0 Å². The van der Waals surface area contributed by atoms with Crippen molar-refractivity contribution in [3.63, 3.8) is 0 Å². The number of rotatable bonds is 3. The molecule has 2 aromatic rings. The summed E-state index contributed by atoms with van der Waals surface area (Å²) < 4.78 is 18.7. The van der Waals surface area contributed by atoms with E-state index in [1.807, 2.05) is 19.2 Å². The SMILES string of the molecule is CNC(c1ccc(F)cn1)c1cccc2c1OCC2. The van der Waals surface area contributed by atoms with Crippen molar-refractivity contribution in [3.8, 4) is 5.75 Å². The molecule has 0 saturated heterocycles. The van der Waals surface area contributed by atoms with Crippen LogP contribution in [-0.2, 0) is 6.42 Å². The molecule has 1 aromatic heterocycles. The lowest BCUT2D eigenvalue weighted by molar-refractivity contribution is 0.351. The lowest BCUT2D eigenvalue weighted by Gasteiger charge is -2.18. The predicted octanol–water partition coefficient (Wildman–Crippen LogP) is 2.46. The van der Waals surface area contributed by atoms with Crippen LogP contribution < -0.4 is 10.1 Å². The number of pyridine rings is 1. The number of nitrogens with one attached hydrogen (secondary N) is 1. The van der Waals surface area contributed by atoms with Gasteiger partial charge in [0.25, 0.3) is 0 Å². The van der Waals surface area contributed by atoms with Gasteiger partial charge < -0.3 is 10.1 Å². The van der Waals surface area contributed by atoms with E-state index in [0.717, 1.165) is 30.0 Å². The molecule has 19 heavy (non-hydrogen) atoms. The molecule has 0 fully saturated rings. The summed E-state index contributed by atoms with van der Waals surface area (Å²) in [6, 6.07) is 9.17. The first-order valence-electron chi connectivity index (χ1n) is 6.33. The molecule has 1 atom stereocenters. The van der Waals surface area contributed by atoms with Gasteiger partial charge in [-0.25, -0.2) is 4.39 Å². The highest BCUT2D eigenvalue weighted by atomic mass is 19.1. The standard InChI is InChI=1S/C15H15FN2O/c1-17-14(13-6-5-11(16)9-18-13)12-4-2-3-10-7-8-19-15(10)12/h2-6,9,14,17H,7-8H2,1H3. The Morgan fingerprint density at radius 3 is 2.95 bits per heavy atom. The third kappa shape index (κ3) is 2.19. The number of fused-ring (bicyclic) bond motifs is 1. The van der Waals surface area contributed by atoms with Crippen LogP contribution in [0.25, 0.3) is 0 Å². The van der Waals surface area contributed by atoms with E-state index in [2.05, 4.69) is 16.4 Å². The van der Waals surface area contributed by atoms with Gasteiger partial charge in [-0.05, 0) is 24.7 Å². The molecule has 3 rings (SSSR count). The number of hydrogen-bond donors (Lipinski definition) is 1. The molecule has 0 amide bonds. The van der Waals surface area contributed by atoms with Crippen molar-refractivity contribution in [2.75, 3.05) is 13.7 Å². The molecule has 4 heteroatoms. The second kappa shape index (κ2) is 4.97. The van der Waals surface area contributed by atoms with Crippen LogP contribution in [0.1, 0.15) is 22.9 Å². The van der Waals surface area contributed by atoms with Gasteiger partial charge in [-0.15, -0.1) is 0 Å². The summed E-state index contributed by atoms with van der Waals surface area (Å²) in [7, 11) is 1.87. The minimum absolute atomic E-state index is 0.0892. The first-order chi connectivity index (χ1) is 9.29. The van der Waals surface area contributed by atoms with E-state index >= 15 is 0 Å². The highest BCUT2D eigenvalue weighted by Gasteiger charge is 2.23. The molecular weight excluding hydrogens is 243 g/mol. The highest BCUT2D eigenvalue weighted by Crippen LogP contribution is 2.35. The summed E-state index contributed by atoms with van der Waals surface area (Å²) in [4.78, 5) is 4.16. The van der Waals surface area contributed by atoms with E-state index in [1.165, 1.54) is 17.8 Å². The van der Waals surface area contributed by atoms with Crippen LogP contribution in [0.5, 0.6) is 5.75 Å². The Bertz CT molecular complexity index is 583. The first-order valence-corrected chi connectivity index (χ1v) is 6.33. The van der Waals surface area contributed by atoms with Gasteiger partial charge in [0.1, 0.15) is 11.6 Å². The summed E-state index contributed by atoms with van der Waals surface area (Å²) >= 11 is 0. The second-order valence-corrected chi connectivity index (χ2v) is 4.56. The van der Waals surface area contributed by atoms with E-state index < -0.39 is 0 Å². The fraction of sp³-hybridized carbons (Fsp3) is 0.267. The maximum absolute atomic E-state index is 13.0. The monoisotopic (exact) mass is 258 g/mol. The first kappa shape index (κ1) is 12.1. The van der Waals surface area contributed by atoms with Gasteiger partial charge in [-0.1, -0.05) is 18.2 Å². The van der Waals surface area contributed by atoms with Crippen LogP contribution in [0, 0.1) is 5.82 Å². The number of aromatic nitrogens is 1. The summed E-state index contributed by atoms with van der Waals surface area (Å²) in [6.45, 7) is 0.722. The number of hydrogen-bond acceptors (Lipinski definition) is 3. The summed E-state index contributed by atoms with van der Waals surface area (Å²) in [5.41, 5.74) is 3.06. The molecule has 1 aliphatic heterocycles. The number of benzene rings is 1. The zero-order valence-corrected chi connectivity index (χ0v) is 10.7. The molecule has 98 valence electrons. The largest absolute Gasteiger partial charge is 0.493 e. The molecule has 0 aliphatic carbocycles. The molecule has 2 heterocycles. The highest BCUT2D eigenvalue weighted by molar-refractivity contribution is 5.47. The molecule has 0 spiro atoms. The average molecular weight is 258 g/mol. The molecule has 3 nitrogen and oxygen atoms in total. The number of ether oxygens (including phenoxy) is 1. The van der Waals surface area contributed by atoms with Crippen molar-refractivity contribution in [2.45, 2.75) is 12.5 Å². The van der Waals surface area contributed by atoms with Gasteiger partial charge in [-0.3, -0.25) is 4.98 Å². The minimum Gasteiger partial charge on any atom is -0.493 e. The van der Waals surface area contributed by atoms with Gasteiger partial charge in [-0.2, -0.15) is 0 Å². The fourth-order valence-electron chi connectivity index (χ4n) is 2.49. The molecular formula is C15H15FN2O. The number of halogens is 1. The van der Waals surface area contributed by atoms with Crippen molar-refractivity contribution < 1.29 is 9.13 Å². The molecule has 0 saturated carbocycles. The Morgan fingerprint density at radius 1 is 1.32 bits per heavy atom. The third-order valence-electron chi connectivity index (χ3n) is 3.39. The summed E-state index contributed by atoms with van der Waals surface area (Å²) in [6.07, 6.45) is 2.18. The van der Waals surface area contributed by atoms with E-state index in [-0.39, 0.29) is 11.9 Å². The Labute approximate surface area is 111 Å². The van der Waals surface area contributed by atoms with Crippen molar-refractivity contribution >= 4 is 0 Å². The zero-order chi connectivity index (χ0) is 13.2. The number of nitrogens with zero attached hydrogens (tertiary/aromatic N) is 1. The maximum Gasteiger partial charge on any atom is 0.141 e. The summed E-state index contributed by atoms with van der Waals surface area (Å²) in [5, 5.41) is 3.22.